The summed E-state index contributed by atoms with van der Waals surface area (Å²) >= 11 is 0. The van der Waals surface area contributed by atoms with Gasteiger partial charge in [-0.2, -0.15) is 0 Å². The minimum absolute atomic E-state index is 1.14. The van der Waals surface area contributed by atoms with Crippen molar-refractivity contribution in [2.24, 2.45) is 0 Å². The molecule has 3 heteroatoms. The van der Waals surface area contributed by atoms with Crippen molar-refractivity contribution in [3.05, 3.63) is 133 Å². The van der Waals surface area contributed by atoms with Crippen molar-refractivity contribution in [1.82, 2.24) is 0 Å². The smallest absolute Gasteiger partial charge is 0.177 e. The molecule has 0 bridgehead atoms. The van der Waals surface area contributed by atoms with Gasteiger partial charge in [-0.05, 0) is 32.9 Å². The molecule has 0 aliphatic carbocycles. The molecular weight excluding hydrogens is 408 g/mol. The number of benzene rings is 4. The van der Waals surface area contributed by atoms with Crippen LogP contribution in [0.2, 0.25) is 0 Å². The highest BCUT2D eigenvalue weighted by Gasteiger charge is 2.26. The van der Waals surface area contributed by atoms with Crippen molar-refractivity contribution in [3.8, 4) is 0 Å². The van der Waals surface area contributed by atoms with Crippen molar-refractivity contribution >= 4 is 49.1 Å². The molecule has 0 unspecified atom stereocenters. The zero-order chi connectivity index (χ0) is 20.9. The quantitative estimate of drug-likeness (QED) is 0.373. The molecule has 0 fully saturated rings. The molecule has 0 amide bonds. The highest BCUT2D eigenvalue weighted by Crippen LogP contribution is 1.99. The fraction of sp³-hybridized carbons (Fsp3) is 0. The first-order chi connectivity index (χ1) is 15.4. The van der Waals surface area contributed by atoms with E-state index in [4.69, 9.17) is 4.42 Å². The predicted molar refractivity (Wildman–Crippen MR) is 137 cm³/mol. The molecule has 1 heterocycles. The Kier molecular flexibility index (Phi) is 5.78. The van der Waals surface area contributed by atoms with Crippen LogP contribution >= 0.6 is 0 Å². The highest BCUT2D eigenvalue weighted by molar-refractivity contribution is 6.96. The van der Waals surface area contributed by atoms with Gasteiger partial charge in [-0.3, -0.25) is 0 Å². The van der Waals surface area contributed by atoms with Gasteiger partial charge in [0, 0.05) is 0 Å². The summed E-state index contributed by atoms with van der Waals surface area (Å²) in [5.74, 6) is 0. The molecule has 5 rings (SSSR count). The van der Waals surface area contributed by atoms with Gasteiger partial charge in [0.05, 0.1) is 10.8 Å². The normalized spacial score (nSPS) is 11.2. The maximum atomic E-state index is 6.75. The summed E-state index contributed by atoms with van der Waals surface area (Å²) in [6.45, 7) is 0. The zero-order valence-electron chi connectivity index (χ0n) is 17.3. The van der Waals surface area contributed by atoms with E-state index >= 15 is 0 Å². The molecular formula is C28H24OSi2. The second-order valence-electron chi connectivity index (χ2n) is 7.75. The average Bonchev–Trinajstić information content (AvgIpc) is 3.31. The van der Waals surface area contributed by atoms with E-state index in [0.29, 0.717) is 0 Å². The van der Waals surface area contributed by atoms with E-state index < -0.39 is 17.6 Å². The van der Waals surface area contributed by atoms with Crippen LogP contribution in [0.3, 0.4) is 0 Å². The maximum Gasteiger partial charge on any atom is 0.177 e. The molecule has 0 saturated heterocycles. The molecule has 0 radical (unpaired) electrons. The van der Waals surface area contributed by atoms with Crippen LogP contribution in [0, 0.1) is 0 Å². The van der Waals surface area contributed by atoms with Crippen LogP contribution in [0.4, 0.5) is 0 Å². The van der Waals surface area contributed by atoms with Gasteiger partial charge in [-0.25, -0.2) is 0 Å². The van der Waals surface area contributed by atoms with Crippen molar-refractivity contribution in [1.29, 1.82) is 0 Å². The fourth-order valence-electron chi connectivity index (χ4n) is 4.30. The van der Waals surface area contributed by atoms with Crippen molar-refractivity contribution < 1.29 is 4.42 Å². The molecule has 0 spiro atoms. The summed E-state index contributed by atoms with van der Waals surface area (Å²) in [5, 5.41) is 7.80. The van der Waals surface area contributed by atoms with Gasteiger partial charge >= 0.3 is 0 Å². The van der Waals surface area contributed by atoms with E-state index in [1.807, 2.05) is 0 Å². The second-order valence-corrected chi connectivity index (χ2v) is 13.3. The summed E-state index contributed by atoms with van der Waals surface area (Å²) in [7, 11) is -3.32. The Morgan fingerprint density at radius 2 is 0.581 bits per heavy atom. The van der Waals surface area contributed by atoms with Gasteiger partial charge in [-0.15, -0.1) is 0 Å². The predicted octanol–water partition coefficient (Wildman–Crippen LogP) is 1.78. The van der Waals surface area contributed by atoms with Crippen LogP contribution in [0.25, 0.3) is 0 Å². The van der Waals surface area contributed by atoms with Crippen LogP contribution in [-0.4, -0.2) is 17.6 Å². The number of hydrogen-bond acceptors (Lipinski definition) is 1. The van der Waals surface area contributed by atoms with Gasteiger partial charge in [0.15, 0.2) is 17.6 Å². The van der Waals surface area contributed by atoms with Gasteiger partial charge in [-0.1, -0.05) is 121 Å². The summed E-state index contributed by atoms with van der Waals surface area (Å²) in [5.41, 5.74) is 0. The molecule has 0 atom stereocenters. The molecule has 0 aliphatic heterocycles. The lowest BCUT2D eigenvalue weighted by Crippen LogP contribution is -2.54. The molecule has 0 N–H and O–H groups in total. The van der Waals surface area contributed by atoms with Gasteiger partial charge in [0.2, 0.25) is 0 Å². The zero-order valence-corrected chi connectivity index (χ0v) is 19.6. The van der Waals surface area contributed by atoms with E-state index in [1.54, 1.807) is 0 Å². The summed E-state index contributed by atoms with van der Waals surface area (Å²) < 4.78 is 6.75. The van der Waals surface area contributed by atoms with E-state index in [0.717, 1.165) is 10.8 Å². The lowest BCUT2D eigenvalue weighted by molar-refractivity contribution is 0.635. The summed E-state index contributed by atoms with van der Waals surface area (Å²) in [4.78, 5) is 0. The molecule has 1 nitrogen and oxygen atoms in total. The lowest BCUT2D eigenvalue weighted by atomic mass is 10.4. The number of hydrogen-bond donors (Lipinski definition) is 0. The van der Waals surface area contributed by atoms with Crippen molar-refractivity contribution in [2.75, 3.05) is 0 Å². The van der Waals surface area contributed by atoms with E-state index in [-0.39, 0.29) is 0 Å². The third kappa shape index (κ3) is 4.24. The van der Waals surface area contributed by atoms with Crippen LogP contribution in [0.5, 0.6) is 0 Å². The van der Waals surface area contributed by atoms with Crippen LogP contribution < -0.4 is 31.5 Å². The molecule has 31 heavy (non-hydrogen) atoms. The van der Waals surface area contributed by atoms with Crippen molar-refractivity contribution in [3.63, 3.8) is 0 Å². The van der Waals surface area contributed by atoms with Crippen LogP contribution in [-0.2, 0) is 0 Å². The Bertz CT molecular complexity index is 1040. The Morgan fingerprint density at radius 1 is 0.323 bits per heavy atom. The van der Waals surface area contributed by atoms with E-state index in [2.05, 4.69) is 133 Å². The largest absolute Gasteiger partial charge is 0.475 e. The maximum absolute atomic E-state index is 6.75. The Hall–Kier alpha value is -3.41. The first kappa shape index (κ1) is 19.6. The fourth-order valence-corrected chi connectivity index (χ4v) is 10.0. The Labute approximate surface area is 186 Å². The Balaban J connectivity index is 1.61. The third-order valence-corrected chi connectivity index (χ3v) is 11.7. The number of rotatable bonds is 6. The Morgan fingerprint density at radius 3 is 0.839 bits per heavy atom. The minimum atomic E-state index is -1.66. The topological polar surface area (TPSA) is 13.1 Å². The van der Waals surface area contributed by atoms with Gasteiger partial charge < -0.3 is 4.42 Å². The van der Waals surface area contributed by atoms with Gasteiger partial charge in [0.1, 0.15) is 0 Å². The number of furan rings is 1. The standard InChI is InChI=1S/C28H24OSi2/c1-5-13-23(14-6-1)30(24-15-7-2-8-16-24)27-21-22-28(29-27)31(25-17-9-3-10-18-25)26-19-11-4-12-20-26/h1-22,30-31H. The minimum Gasteiger partial charge on any atom is -0.475 e. The summed E-state index contributed by atoms with van der Waals surface area (Å²) in [6, 6.07) is 47.8. The van der Waals surface area contributed by atoms with E-state index in [1.165, 1.54) is 20.7 Å². The van der Waals surface area contributed by atoms with E-state index in [9.17, 15) is 0 Å². The molecule has 5 aromatic rings. The molecule has 150 valence electrons. The highest BCUT2D eigenvalue weighted by atomic mass is 28.3. The molecule has 1 aromatic heterocycles. The van der Waals surface area contributed by atoms with Crippen molar-refractivity contribution in [2.45, 2.75) is 0 Å². The third-order valence-electron chi connectivity index (χ3n) is 5.75. The second kappa shape index (κ2) is 9.17. The lowest BCUT2D eigenvalue weighted by Gasteiger charge is -2.16. The molecule has 4 aromatic carbocycles. The monoisotopic (exact) mass is 432 g/mol. The first-order valence-electron chi connectivity index (χ1n) is 10.7. The molecule has 0 saturated carbocycles. The van der Waals surface area contributed by atoms with Crippen LogP contribution in [0.15, 0.2) is 138 Å². The van der Waals surface area contributed by atoms with Crippen LogP contribution in [0.1, 0.15) is 0 Å². The average molecular weight is 433 g/mol. The first-order valence-corrected chi connectivity index (χ1v) is 14.2. The SMILES string of the molecule is c1ccc([SiH](c2ccccc2)c2ccc([SiH](c3ccccc3)c3ccccc3)o2)cc1. The van der Waals surface area contributed by atoms with Gasteiger partial charge in [0.25, 0.3) is 0 Å². The summed E-state index contributed by atoms with van der Waals surface area (Å²) in [6.07, 6.45) is 0. The molecule has 0 aliphatic rings.